The van der Waals surface area contributed by atoms with Crippen molar-refractivity contribution in [3.63, 3.8) is 0 Å². The maximum atomic E-state index is 11.1. The minimum atomic E-state index is -4.33. The topological polar surface area (TPSA) is 83.1 Å². The Balaban J connectivity index is 0.00000147. The summed E-state index contributed by atoms with van der Waals surface area (Å²) < 4.78 is 31.3. The second kappa shape index (κ2) is 5.83. The fraction of sp³-hybridized carbons (Fsp3) is 0. The number of H-pyrrole nitrogens is 1. The third-order valence-corrected chi connectivity index (χ3v) is 3.50. The molecule has 0 unspecified atom stereocenters. The Morgan fingerprint density at radius 2 is 1.75 bits per heavy atom. The Hall–Kier alpha value is -0.920. The minimum absolute atomic E-state index is 0. The van der Waals surface area contributed by atoms with E-state index in [-0.39, 0.29) is 40.6 Å². The number of hydrogen-bond acceptors (Lipinski definition) is 3. The molecule has 0 radical (unpaired) electrons. The van der Waals surface area contributed by atoms with E-state index in [1.165, 1.54) is 0 Å². The quantitative estimate of drug-likeness (QED) is 0.561. The van der Waals surface area contributed by atoms with Crippen LogP contribution in [-0.2, 0) is 10.1 Å². The zero-order chi connectivity index (χ0) is 13.5. The van der Waals surface area contributed by atoms with Gasteiger partial charge in [0.05, 0.1) is 11.0 Å². The van der Waals surface area contributed by atoms with Crippen LogP contribution in [0.15, 0.2) is 53.7 Å². The number of nitrogens with one attached hydrogen (secondary N) is 1. The normalized spacial score (nSPS) is 11.2. The molecule has 1 aromatic heterocycles. The summed E-state index contributed by atoms with van der Waals surface area (Å²) in [5.41, 5.74) is 2.82. The van der Waals surface area contributed by atoms with E-state index in [9.17, 15) is 8.42 Å². The molecule has 2 N–H and O–H groups in total. The van der Waals surface area contributed by atoms with Gasteiger partial charge in [0.25, 0.3) is 5.16 Å². The predicted octanol–water partition coefficient (Wildman–Crippen LogP) is 2.32. The van der Waals surface area contributed by atoms with E-state index >= 15 is 0 Å². The SMILES string of the molecule is O=S(=O)(O)c1nc2c(-c3ccccc3)cccc2[nH]1.[Ca+2].[H-].[H-]. The molecule has 20 heavy (non-hydrogen) atoms. The molecular weight excluding hydrogens is 304 g/mol. The van der Waals surface area contributed by atoms with Crippen LogP contribution in [0.5, 0.6) is 0 Å². The van der Waals surface area contributed by atoms with Gasteiger partial charge in [-0.25, -0.2) is 4.98 Å². The van der Waals surface area contributed by atoms with Gasteiger partial charge in [-0.2, -0.15) is 8.42 Å². The molecule has 3 rings (SSSR count). The van der Waals surface area contributed by atoms with Crippen molar-refractivity contribution >= 4 is 58.9 Å². The number of rotatable bonds is 2. The van der Waals surface area contributed by atoms with Gasteiger partial charge in [-0.05, 0) is 11.6 Å². The van der Waals surface area contributed by atoms with Gasteiger partial charge >= 0.3 is 47.9 Å². The molecular formula is C13H12CaN2O3S. The second-order valence-corrected chi connectivity index (χ2v) is 5.42. The number of aromatic amines is 1. The van der Waals surface area contributed by atoms with Crippen molar-refractivity contribution in [2.75, 3.05) is 0 Å². The Labute approximate surface area is 148 Å². The van der Waals surface area contributed by atoms with E-state index in [0.717, 1.165) is 11.1 Å². The summed E-state index contributed by atoms with van der Waals surface area (Å²) >= 11 is 0. The molecule has 3 aromatic rings. The first-order chi connectivity index (χ1) is 9.05. The van der Waals surface area contributed by atoms with Crippen molar-refractivity contribution in [3.05, 3.63) is 48.5 Å². The Morgan fingerprint density at radius 1 is 1.05 bits per heavy atom. The summed E-state index contributed by atoms with van der Waals surface area (Å²) in [5, 5.41) is -0.439. The third-order valence-electron chi connectivity index (χ3n) is 2.82. The first-order valence-electron chi connectivity index (χ1n) is 5.57. The number of imidazole rings is 1. The van der Waals surface area contributed by atoms with Crippen molar-refractivity contribution < 1.29 is 15.8 Å². The molecule has 0 bridgehead atoms. The molecule has 0 aliphatic carbocycles. The molecule has 0 spiro atoms. The smallest absolute Gasteiger partial charge is 1.00 e. The number of hydrogen-bond donors (Lipinski definition) is 2. The molecule has 0 amide bonds. The van der Waals surface area contributed by atoms with E-state index in [2.05, 4.69) is 9.97 Å². The van der Waals surface area contributed by atoms with E-state index in [1.54, 1.807) is 12.1 Å². The van der Waals surface area contributed by atoms with Gasteiger partial charge in [-0.1, -0.05) is 42.5 Å². The van der Waals surface area contributed by atoms with Crippen molar-refractivity contribution in [2.45, 2.75) is 5.16 Å². The van der Waals surface area contributed by atoms with Gasteiger partial charge in [0, 0.05) is 5.56 Å². The van der Waals surface area contributed by atoms with Crippen molar-refractivity contribution in [1.82, 2.24) is 9.97 Å². The molecule has 1 heterocycles. The summed E-state index contributed by atoms with van der Waals surface area (Å²) in [7, 11) is -4.33. The Kier molecular flexibility index (Phi) is 4.51. The molecule has 0 atom stereocenters. The maximum Gasteiger partial charge on any atom is 2.00 e. The van der Waals surface area contributed by atoms with Gasteiger partial charge in [0.2, 0.25) is 0 Å². The molecule has 7 heteroatoms. The third kappa shape index (κ3) is 2.89. The molecule has 0 fully saturated rings. The second-order valence-electron chi connectivity index (χ2n) is 4.08. The molecule has 100 valence electrons. The zero-order valence-electron chi connectivity index (χ0n) is 12.4. The first kappa shape index (κ1) is 15.5. The molecule has 2 aromatic carbocycles. The van der Waals surface area contributed by atoms with Crippen molar-refractivity contribution in [2.24, 2.45) is 0 Å². The number of aromatic nitrogens is 2. The van der Waals surface area contributed by atoms with E-state index < -0.39 is 15.3 Å². The Morgan fingerprint density at radius 3 is 2.40 bits per heavy atom. The van der Waals surface area contributed by atoms with Crippen LogP contribution in [0.3, 0.4) is 0 Å². The molecule has 5 nitrogen and oxygen atoms in total. The summed E-state index contributed by atoms with van der Waals surface area (Å²) in [6.45, 7) is 0. The van der Waals surface area contributed by atoms with Crippen LogP contribution in [0, 0.1) is 0 Å². The number of fused-ring (bicyclic) bond motifs is 1. The summed E-state index contributed by atoms with van der Waals surface area (Å²) in [6, 6.07) is 14.9. The molecule has 0 aliphatic heterocycles. The van der Waals surface area contributed by atoms with Gasteiger partial charge in [0.1, 0.15) is 0 Å². The fourth-order valence-electron chi connectivity index (χ4n) is 1.98. The number of para-hydroxylation sites is 1. The summed E-state index contributed by atoms with van der Waals surface area (Å²) in [6.07, 6.45) is 0. The van der Waals surface area contributed by atoms with Crippen LogP contribution in [0.2, 0.25) is 0 Å². The average Bonchev–Trinajstić information content (AvgIpc) is 2.83. The van der Waals surface area contributed by atoms with E-state index in [0.29, 0.717) is 11.0 Å². The predicted molar refractivity (Wildman–Crippen MR) is 79.3 cm³/mol. The van der Waals surface area contributed by atoms with Crippen LogP contribution in [0.4, 0.5) is 0 Å². The zero-order valence-corrected chi connectivity index (χ0v) is 13.5. The molecule has 0 aliphatic rings. The van der Waals surface area contributed by atoms with Crippen molar-refractivity contribution in [1.29, 1.82) is 0 Å². The number of benzene rings is 2. The first-order valence-corrected chi connectivity index (χ1v) is 7.01. The molecule has 0 saturated heterocycles. The summed E-state index contributed by atoms with van der Waals surface area (Å²) in [4.78, 5) is 6.56. The van der Waals surface area contributed by atoms with Gasteiger partial charge in [-0.15, -0.1) is 0 Å². The van der Waals surface area contributed by atoms with Crippen LogP contribution in [0.25, 0.3) is 22.2 Å². The fourth-order valence-corrected chi connectivity index (χ4v) is 2.43. The monoisotopic (exact) mass is 316 g/mol. The van der Waals surface area contributed by atoms with Gasteiger partial charge in [0.15, 0.2) is 0 Å². The molecule has 0 saturated carbocycles. The van der Waals surface area contributed by atoms with Crippen LogP contribution < -0.4 is 0 Å². The maximum absolute atomic E-state index is 11.1. The summed E-state index contributed by atoms with van der Waals surface area (Å²) in [5.74, 6) is 0. The van der Waals surface area contributed by atoms with Crippen LogP contribution in [0.1, 0.15) is 2.85 Å². The van der Waals surface area contributed by atoms with E-state index in [1.807, 2.05) is 36.4 Å². The standard InChI is InChI=1S/C13H10N2O3S.Ca.2H/c16-19(17,18)13-14-11-8-4-7-10(12(11)15-13)9-5-2-1-3-6-9;;;/h1-8H,(H,14,15)(H,16,17,18);;;/q;+2;2*-1. The minimum Gasteiger partial charge on any atom is -1.00 e. The Bertz CT molecular complexity index is 854. The van der Waals surface area contributed by atoms with Crippen LogP contribution in [-0.4, -0.2) is 60.7 Å². The van der Waals surface area contributed by atoms with Gasteiger partial charge < -0.3 is 7.84 Å². The van der Waals surface area contributed by atoms with Crippen LogP contribution >= 0.6 is 0 Å². The largest absolute Gasteiger partial charge is 2.00 e. The van der Waals surface area contributed by atoms with E-state index in [4.69, 9.17) is 4.55 Å². The van der Waals surface area contributed by atoms with Gasteiger partial charge in [-0.3, -0.25) is 4.55 Å². The average molecular weight is 316 g/mol. The number of nitrogens with zero attached hydrogens (tertiary/aromatic N) is 1. The van der Waals surface area contributed by atoms with Crippen molar-refractivity contribution in [3.8, 4) is 11.1 Å².